The topological polar surface area (TPSA) is 49.4 Å². The summed E-state index contributed by atoms with van der Waals surface area (Å²) in [6.45, 7) is 1.39. The number of benzene rings is 1. The van der Waals surface area contributed by atoms with Crippen LogP contribution in [-0.4, -0.2) is 24.9 Å². The summed E-state index contributed by atoms with van der Waals surface area (Å²) in [5, 5.41) is 2.99. The van der Waals surface area contributed by atoms with Crippen LogP contribution in [0.4, 0.5) is 5.69 Å². The number of fused-ring (bicyclic) bond motifs is 1. The molecule has 0 aromatic heterocycles. The van der Waals surface area contributed by atoms with Crippen LogP contribution >= 0.6 is 0 Å². The Morgan fingerprint density at radius 1 is 1.12 bits per heavy atom. The van der Waals surface area contributed by atoms with Gasteiger partial charge in [-0.05, 0) is 43.2 Å². The fourth-order valence-electron chi connectivity index (χ4n) is 3.93. The Kier molecular flexibility index (Phi) is 5.89. The van der Waals surface area contributed by atoms with Gasteiger partial charge in [0.05, 0.1) is 0 Å². The third-order valence-corrected chi connectivity index (χ3v) is 5.28. The minimum Gasteiger partial charge on any atom is -0.356 e. The molecule has 130 valence electrons. The van der Waals surface area contributed by atoms with Gasteiger partial charge in [0.15, 0.2) is 0 Å². The highest BCUT2D eigenvalue weighted by atomic mass is 16.2. The van der Waals surface area contributed by atoms with E-state index in [9.17, 15) is 9.59 Å². The molecule has 0 spiro atoms. The average molecular weight is 328 g/mol. The van der Waals surface area contributed by atoms with Crippen LogP contribution in [0.5, 0.6) is 0 Å². The van der Waals surface area contributed by atoms with E-state index in [0.29, 0.717) is 31.7 Å². The van der Waals surface area contributed by atoms with E-state index in [4.69, 9.17) is 0 Å². The van der Waals surface area contributed by atoms with E-state index in [1.165, 1.54) is 37.7 Å². The predicted molar refractivity (Wildman–Crippen MR) is 95.9 cm³/mol. The van der Waals surface area contributed by atoms with Crippen molar-refractivity contribution in [2.75, 3.05) is 18.0 Å². The molecule has 3 rings (SSSR count). The average Bonchev–Trinajstić information content (AvgIpc) is 3.03. The second-order valence-electron chi connectivity index (χ2n) is 7.09. The zero-order valence-electron chi connectivity index (χ0n) is 14.4. The number of hydrogen-bond donors (Lipinski definition) is 1. The maximum Gasteiger partial charge on any atom is 0.227 e. The third-order valence-electron chi connectivity index (χ3n) is 5.28. The Morgan fingerprint density at radius 2 is 1.92 bits per heavy atom. The largest absolute Gasteiger partial charge is 0.356 e. The van der Waals surface area contributed by atoms with Crippen molar-refractivity contribution in [1.82, 2.24) is 5.32 Å². The lowest BCUT2D eigenvalue weighted by molar-refractivity contribution is -0.123. The molecule has 0 atom stereocenters. The van der Waals surface area contributed by atoms with Crippen molar-refractivity contribution < 1.29 is 9.59 Å². The molecule has 4 heteroatoms. The summed E-state index contributed by atoms with van der Waals surface area (Å²) in [7, 11) is 0. The van der Waals surface area contributed by atoms with Crippen LogP contribution in [0.25, 0.3) is 0 Å². The molecule has 1 fully saturated rings. The van der Waals surface area contributed by atoms with Crippen LogP contribution in [0.3, 0.4) is 0 Å². The minimum atomic E-state index is 0.154. The first kappa shape index (κ1) is 17.0. The molecule has 1 N–H and O–H groups in total. The van der Waals surface area contributed by atoms with Gasteiger partial charge < -0.3 is 10.2 Å². The van der Waals surface area contributed by atoms with Gasteiger partial charge in [-0.1, -0.05) is 37.5 Å². The van der Waals surface area contributed by atoms with Crippen LogP contribution < -0.4 is 10.2 Å². The fraction of sp³-hybridized carbons (Fsp3) is 0.600. The number of anilines is 1. The first-order chi connectivity index (χ1) is 11.7. The van der Waals surface area contributed by atoms with Crippen molar-refractivity contribution in [3.8, 4) is 0 Å². The quantitative estimate of drug-likeness (QED) is 0.813. The smallest absolute Gasteiger partial charge is 0.227 e. The lowest BCUT2D eigenvalue weighted by atomic mass is 9.87. The van der Waals surface area contributed by atoms with Gasteiger partial charge in [0, 0.05) is 31.6 Å². The number of rotatable bonds is 6. The second-order valence-corrected chi connectivity index (χ2v) is 7.09. The summed E-state index contributed by atoms with van der Waals surface area (Å²) in [4.78, 5) is 26.2. The van der Waals surface area contributed by atoms with Gasteiger partial charge in [-0.15, -0.1) is 0 Å². The number of hydrogen-bond acceptors (Lipinski definition) is 2. The number of nitrogens with one attached hydrogen (secondary N) is 1. The molecule has 1 saturated carbocycles. The van der Waals surface area contributed by atoms with E-state index in [-0.39, 0.29) is 11.8 Å². The monoisotopic (exact) mass is 328 g/mol. The molecule has 2 aliphatic rings. The minimum absolute atomic E-state index is 0.154. The molecule has 1 aliphatic carbocycles. The van der Waals surface area contributed by atoms with Gasteiger partial charge in [-0.2, -0.15) is 0 Å². The molecule has 1 aromatic carbocycles. The Balaban J connectivity index is 1.35. The molecular weight excluding hydrogens is 300 g/mol. The number of carbonyl (C=O) groups is 2. The van der Waals surface area contributed by atoms with Crippen LogP contribution in [0.2, 0.25) is 0 Å². The Morgan fingerprint density at radius 3 is 2.75 bits per heavy atom. The highest BCUT2D eigenvalue weighted by Crippen LogP contribution is 2.28. The molecule has 0 radical (unpaired) electrons. The summed E-state index contributed by atoms with van der Waals surface area (Å²) >= 11 is 0. The zero-order chi connectivity index (χ0) is 16.8. The van der Waals surface area contributed by atoms with Gasteiger partial charge in [-0.3, -0.25) is 9.59 Å². The van der Waals surface area contributed by atoms with Gasteiger partial charge in [-0.25, -0.2) is 0 Å². The summed E-state index contributed by atoms with van der Waals surface area (Å²) in [5.41, 5.74) is 2.32. The molecule has 2 amide bonds. The van der Waals surface area contributed by atoms with E-state index in [1.807, 2.05) is 23.1 Å². The zero-order valence-corrected chi connectivity index (χ0v) is 14.4. The molecule has 1 heterocycles. The lowest BCUT2D eigenvalue weighted by Crippen LogP contribution is -2.31. The Bertz CT molecular complexity index is 579. The van der Waals surface area contributed by atoms with Gasteiger partial charge >= 0.3 is 0 Å². The SMILES string of the molecule is O=C(CC1CCCCC1)NCCCC(=O)N1CCc2ccccc21. The van der Waals surface area contributed by atoms with Crippen molar-refractivity contribution in [3.63, 3.8) is 0 Å². The number of para-hydroxylation sites is 1. The van der Waals surface area contributed by atoms with E-state index in [2.05, 4.69) is 11.4 Å². The number of carbonyl (C=O) groups excluding carboxylic acids is 2. The number of amides is 2. The fourth-order valence-corrected chi connectivity index (χ4v) is 3.93. The Hall–Kier alpha value is -1.84. The van der Waals surface area contributed by atoms with E-state index in [1.54, 1.807) is 0 Å². The lowest BCUT2D eigenvalue weighted by Gasteiger charge is -2.21. The predicted octanol–water partition coefficient (Wildman–Crippen LogP) is 3.44. The highest BCUT2D eigenvalue weighted by Gasteiger charge is 2.23. The number of nitrogens with zero attached hydrogens (tertiary/aromatic N) is 1. The van der Waals surface area contributed by atoms with Crippen molar-refractivity contribution >= 4 is 17.5 Å². The van der Waals surface area contributed by atoms with Crippen LogP contribution in [0.1, 0.15) is 56.9 Å². The van der Waals surface area contributed by atoms with Crippen molar-refractivity contribution in [2.24, 2.45) is 5.92 Å². The summed E-state index contributed by atoms with van der Waals surface area (Å²) in [5.74, 6) is 0.892. The first-order valence-corrected chi connectivity index (χ1v) is 9.39. The van der Waals surface area contributed by atoms with Gasteiger partial charge in [0.2, 0.25) is 11.8 Å². The maximum atomic E-state index is 12.4. The molecule has 0 saturated heterocycles. The van der Waals surface area contributed by atoms with Crippen LogP contribution in [-0.2, 0) is 16.0 Å². The molecule has 0 bridgehead atoms. The van der Waals surface area contributed by atoms with Crippen LogP contribution in [0.15, 0.2) is 24.3 Å². The molecule has 0 unspecified atom stereocenters. The first-order valence-electron chi connectivity index (χ1n) is 9.39. The van der Waals surface area contributed by atoms with Crippen molar-refractivity contribution in [3.05, 3.63) is 29.8 Å². The molecular formula is C20H28N2O2. The summed E-state index contributed by atoms with van der Waals surface area (Å²) in [6.07, 6.45) is 9.06. The van der Waals surface area contributed by atoms with Gasteiger partial charge in [0.25, 0.3) is 0 Å². The van der Waals surface area contributed by atoms with Crippen LogP contribution in [0, 0.1) is 5.92 Å². The van der Waals surface area contributed by atoms with Crippen molar-refractivity contribution in [2.45, 2.75) is 57.8 Å². The third kappa shape index (κ3) is 4.37. The summed E-state index contributed by atoms with van der Waals surface area (Å²) in [6, 6.07) is 8.12. The van der Waals surface area contributed by atoms with Crippen molar-refractivity contribution in [1.29, 1.82) is 0 Å². The molecule has 24 heavy (non-hydrogen) atoms. The standard InChI is InChI=1S/C20H28N2O2/c23-19(15-16-7-2-1-3-8-16)21-13-6-11-20(24)22-14-12-17-9-4-5-10-18(17)22/h4-5,9-10,16H,1-3,6-8,11-15H2,(H,21,23). The Labute approximate surface area is 144 Å². The van der Waals surface area contributed by atoms with Gasteiger partial charge in [0.1, 0.15) is 0 Å². The van der Waals surface area contributed by atoms with E-state index < -0.39 is 0 Å². The maximum absolute atomic E-state index is 12.4. The normalized spacial score (nSPS) is 17.6. The molecule has 1 aliphatic heterocycles. The molecule has 1 aromatic rings. The highest BCUT2D eigenvalue weighted by molar-refractivity contribution is 5.95. The summed E-state index contributed by atoms with van der Waals surface area (Å²) < 4.78 is 0. The second kappa shape index (κ2) is 8.32. The van der Waals surface area contributed by atoms with E-state index in [0.717, 1.165) is 18.7 Å². The molecule has 4 nitrogen and oxygen atoms in total. The van der Waals surface area contributed by atoms with E-state index >= 15 is 0 Å².